The molecule has 2 heteroatoms. The van der Waals surface area contributed by atoms with Gasteiger partial charge in [-0.2, -0.15) is 0 Å². The van der Waals surface area contributed by atoms with Crippen LogP contribution in [-0.4, -0.2) is 11.1 Å². The van der Waals surface area contributed by atoms with Crippen molar-refractivity contribution in [2.45, 2.75) is 40.0 Å². The highest BCUT2D eigenvalue weighted by Gasteiger charge is 2.26. The van der Waals surface area contributed by atoms with Crippen molar-refractivity contribution in [3.05, 3.63) is 23.3 Å². The zero-order valence-corrected chi connectivity index (χ0v) is 9.84. The molecule has 84 valence electrons. The Balaban J connectivity index is 2.77. The first kappa shape index (κ1) is 12.0. The molecule has 15 heavy (non-hydrogen) atoms. The van der Waals surface area contributed by atoms with Crippen LogP contribution in [0.4, 0.5) is 0 Å². The van der Waals surface area contributed by atoms with E-state index in [1.807, 2.05) is 6.92 Å². The van der Waals surface area contributed by atoms with E-state index in [1.54, 1.807) is 6.92 Å². The van der Waals surface area contributed by atoms with Crippen LogP contribution in [0.3, 0.4) is 0 Å². The van der Waals surface area contributed by atoms with Gasteiger partial charge in [0.1, 0.15) is 0 Å². The molecule has 0 aliphatic heterocycles. The van der Waals surface area contributed by atoms with Crippen molar-refractivity contribution < 1.29 is 9.90 Å². The number of allylic oxidation sites excluding steroid dienone is 3. The van der Waals surface area contributed by atoms with Gasteiger partial charge in [-0.05, 0) is 33.1 Å². The van der Waals surface area contributed by atoms with E-state index in [0.29, 0.717) is 12.3 Å². The van der Waals surface area contributed by atoms with Crippen molar-refractivity contribution in [3.63, 3.8) is 0 Å². The van der Waals surface area contributed by atoms with Gasteiger partial charge in [-0.15, -0.1) is 0 Å². The molecular formula is C13H20O2. The van der Waals surface area contributed by atoms with Gasteiger partial charge in [-0.25, -0.2) is 0 Å². The summed E-state index contributed by atoms with van der Waals surface area (Å²) >= 11 is 0. The van der Waals surface area contributed by atoms with Crippen molar-refractivity contribution in [1.82, 2.24) is 0 Å². The Morgan fingerprint density at radius 2 is 2.27 bits per heavy atom. The van der Waals surface area contributed by atoms with E-state index in [-0.39, 0.29) is 5.92 Å². The summed E-state index contributed by atoms with van der Waals surface area (Å²) in [5, 5.41) is 8.91. The second-order valence-electron chi connectivity index (χ2n) is 4.69. The van der Waals surface area contributed by atoms with Crippen LogP contribution >= 0.6 is 0 Å². The van der Waals surface area contributed by atoms with Crippen LogP contribution in [-0.2, 0) is 4.79 Å². The number of hydrogen-bond acceptors (Lipinski definition) is 1. The van der Waals surface area contributed by atoms with E-state index in [1.165, 1.54) is 16.7 Å². The summed E-state index contributed by atoms with van der Waals surface area (Å²) in [4.78, 5) is 10.8. The van der Waals surface area contributed by atoms with E-state index < -0.39 is 5.97 Å². The largest absolute Gasteiger partial charge is 0.481 e. The van der Waals surface area contributed by atoms with Crippen LogP contribution in [0.15, 0.2) is 23.3 Å². The molecule has 0 aromatic heterocycles. The van der Waals surface area contributed by atoms with Gasteiger partial charge in [0.15, 0.2) is 0 Å². The van der Waals surface area contributed by atoms with Crippen LogP contribution in [0.5, 0.6) is 0 Å². The molecule has 0 fully saturated rings. The lowest BCUT2D eigenvalue weighted by Crippen LogP contribution is -2.13. The minimum Gasteiger partial charge on any atom is -0.481 e. The second-order valence-corrected chi connectivity index (χ2v) is 4.69. The fraction of sp³-hybridized carbons (Fsp3) is 0.615. The van der Waals surface area contributed by atoms with Gasteiger partial charge in [0.05, 0.1) is 5.92 Å². The Hall–Kier alpha value is -1.05. The van der Waals surface area contributed by atoms with Gasteiger partial charge in [0.2, 0.25) is 0 Å². The van der Waals surface area contributed by atoms with Crippen molar-refractivity contribution in [1.29, 1.82) is 0 Å². The van der Waals surface area contributed by atoms with E-state index in [2.05, 4.69) is 13.5 Å². The first-order valence-corrected chi connectivity index (χ1v) is 5.50. The summed E-state index contributed by atoms with van der Waals surface area (Å²) in [5.74, 6) is -0.565. The predicted octanol–water partition coefficient (Wildman–Crippen LogP) is 3.40. The number of rotatable bonds is 4. The Labute approximate surface area is 91.7 Å². The van der Waals surface area contributed by atoms with Crippen LogP contribution < -0.4 is 0 Å². The van der Waals surface area contributed by atoms with Gasteiger partial charge < -0.3 is 5.11 Å². The number of carboxylic acid groups (broad SMARTS) is 1. The van der Waals surface area contributed by atoms with Gasteiger partial charge in [0, 0.05) is 5.92 Å². The molecule has 2 nitrogen and oxygen atoms in total. The summed E-state index contributed by atoms with van der Waals surface area (Å²) in [6.45, 7) is 9.92. The molecule has 2 atom stereocenters. The molecule has 1 aliphatic carbocycles. The summed E-state index contributed by atoms with van der Waals surface area (Å²) in [6.07, 6.45) is 2.89. The molecule has 0 bridgehead atoms. The molecule has 0 amide bonds. The lowest BCUT2D eigenvalue weighted by Gasteiger charge is -2.17. The summed E-state index contributed by atoms with van der Waals surface area (Å²) in [7, 11) is 0. The van der Waals surface area contributed by atoms with Gasteiger partial charge in [-0.3, -0.25) is 4.79 Å². The number of carbonyl (C=O) groups is 1. The minimum atomic E-state index is -0.706. The molecule has 0 radical (unpaired) electrons. The maximum Gasteiger partial charge on any atom is 0.306 e. The maximum atomic E-state index is 10.8. The van der Waals surface area contributed by atoms with Crippen LogP contribution in [0.25, 0.3) is 0 Å². The Morgan fingerprint density at radius 3 is 2.73 bits per heavy atom. The van der Waals surface area contributed by atoms with Gasteiger partial charge in [0.25, 0.3) is 0 Å². The first-order chi connectivity index (χ1) is 6.93. The second kappa shape index (κ2) is 4.65. The van der Waals surface area contributed by atoms with Crippen LogP contribution in [0.1, 0.15) is 40.0 Å². The van der Waals surface area contributed by atoms with Crippen molar-refractivity contribution in [2.24, 2.45) is 11.8 Å². The molecule has 0 heterocycles. The SMILES string of the molecule is C=C(C)C1CCC(C)=C1CC(C)C(=O)O. The third-order valence-electron chi connectivity index (χ3n) is 3.32. The lowest BCUT2D eigenvalue weighted by molar-refractivity contribution is -0.141. The van der Waals surface area contributed by atoms with E-state index in [4.69, 9.17) is 5.11 Å². The average molecular weight is 208 g/mol. The molecule has 0 aromatic rings. The average Bonchev–Trinajstić information content (AvgIpc) is 2.48. The Morgan fingerprint density at radius 1 is 1.67 bits per heavy atom. The number of carboxylic acids is 1. The predicted molar refractivity (Wildman–Crippen MR) is 61.7 cm³/mol. The van der Waals surface area contributed by atoms with Crippen LogP contribution in [0.2, 0.25) is 0 Å². The topological polar surface area (TPSA) is 37.3 Å². The molecule has 0 saturated heterocycles. The smallest absolute Gasteiger partial charge is 0.306 e. The summed E-state index contributed by atoms with van der Waals surface area (Å²) in [5.41, 5.74) is 3.85. The first-order valence-electron chi connectivity index (χ1n) is 5.50. The molecule has 0 saturated carbocycles. The highest BCUT2D eigenvalue weighted by molar-refractivity contribution is 5.70. The van der Waals surface area contributed by atoms with Crippen molar-refractivity contribution in [3.8, 4) is 0 Å². The fourth-order valence-electron chi connectivity index (χ4n) is 2.27. The quantitative estimate of drug-likeness (QED) is 0.719. The van der Waals surface area contributed by atoms with E-state index >= 15 is 0 Å². The Bertz CT molecular complexity index is 312. The molecule has 1 aliphatic rings. The third kappa shape index (κ3) is 2.71. The van der Waals surface area contributed by atoms with Crippen molar-refractivity contribution >= 4 is 5.97 Å². The zero-order chi connectivity index (χ0) is 11.6. The number of hydrogen-bond donors (Lipinski definition) is 1. The standard InChI is InChI=1S/C13H20O2/c1-8(2)11-6-5-9(3)12(11)7-10(4)13(14)15/h10-11H,1,5-7H2,2-4H3,(H,14,15). The summed E-state index contributed by atoms with van der Waals surface area (Å²) < 4.78 is 0. The monoisotopic (exact) mass is 208 g/mol. The highest BCUT2D eigenvalue weighted by Crippen LogP contribution is 2.39. The van der Waals surface area contributed by atoms with Gasteiger partial charge in [-0.1, -0.05) is 30.2 Å². The number of aliphatic carboxylic acids is 1. The minimum absolute atomic E-state index is 0.283. The zero-order valence-electron chi connectivity index (χ0n) is 9.84. The summed E-state index contributed by atoms with van der Waals surface area (Å²) in [6, 6.07) is 0. The molecule has 2 unspecified atom stereocenters. The third-order valence-corrected chi connectivity index (χ3v) is 3.32. The van der Waals surface area contributed by atoms with Crippen LogP contribution in [0, 0.1) is 11.8 Å². The van der Waals surface area contributed by atoms with Gasteiger partial charge >= 0.3 is 5.97 Å². The molecular weight excluding hydrogens is 188 g/mol. The van der Waals surface area contributed by atoms with Crippen molar-refractivity contribution in [2.75, 3.05) is 0 Å². The maximum absolute atomic E-state index is 10.8. The molecule has 1 rings (SSSR count). The van der Waals surface area contributed by atoms with E-state index in [9.17, 15) is 4.79 Å². The normalized spacial score (nSPS) is 23.0. The highest BCUT2D eigenvalue weighted by atomic mass is 16.4. The molecule has 0 aromatic carbocycles. The van der Waals surface area contributed by atoms with E-state index in [0.717, 1.165) is 12.8 Å². The lowest BCUT2D eigenvalue weighted by atomic mass is 9.88. The fourth-order valence-corrected chi connectivity index (χ4v) is 2.27. The molecule has 0 spiro atoms. The molecule has 1 N–H and O–H groups in total. The Kier molecular flexibility index (Phi) is 3.72.